The second-order valence-corrected chi connectivity index (χ2v) is 10.1. The van der Waals surface area contributed by atoms with E-state index in [0.717, 1.165) is 29.8 Å². The Hall–Kier alpha value is -1.73. The fraction of sp³-hybridized carbons (Fsp3) is 0.682. The van der Waals surface area contributed by atoms with E-state index in [-0.39, 0.29) is 24.4 Å². The third kappa shape index (κ3) is 4.72. The highest BCUT2D eigenvalue weighted by Gasteiger charge is 2.52. The molecule has 0 aromatic heterocycles. The van der Waals surface area contributed by atoms with Crippen molar-refractivity contribution in [3.8, 4) is 0 Å². The molecule has 1 aromatic rings. The van der Waals surface area contributed by atoms with Gasteiger partial charge in [-0.2, -0.15) is 0 Å². The zero-order valence-corrected chi connectivity index (χ0v) is 19.2. The molecule has 2 aliphatic heterocycles. The summed E-state index contributed by atoms with van der Waals surface area (Å²) in [6, 6.07) is 6.41. The number of rotatable bonds is 2. The molecule has 160 valence electrons. The first-order valence-electron chi connectivity index (χ1n) is 10.5. The van der Waals surface area contributed by atoms with Crippen LogP contribution in [-0.2, 0) is 14.0 Å². The first kappa shape index (κ1) is 22.0. The number of aryl methyl sites for hydroxylation is 1. The van der Waals surface area contributed by atoms with Gasteiger partial charge in [0.05, 0.1) is 11.2 Å². The number of amides is 1. The van der Waals surface area contributed by atoms with E-state index < -0.39 is 5.60 Å². The van der Waals surface area contributed by atoms with Crippen molar-refractivity contribution in [3.05, 3.63) is 23.8 Å². The number of ether oxygens (including phenoxy) is 1. The molecule has 29 heavy (non-hydrogen) atoms. The van der Waals surface area contributed by atoms with Crippen molar-refractivity contribution < 1.29 is 18.8 Å². The molecular weight excluding hydrogens is 367 g/mol. The molecule has 0 saturated carbocycles. The van der Waals surface area contributed by atoms with Gasteiger partial charge in [0.2, 0.25) is 0 Å². The van der Waals surface area contributed by atoms with Crippen LogP contribution in [0.3, 0.4) is 0 Å². The Bertz CT molecular complexity index is 749. The maximum atomic E-state index is 12.3. The molecular formula is C22H35BN2O4. The van der Waals surface area contributed by atoms with Crippen molar-refractivity contribution in [1.82, 2.24) is 4.90 Å². The van der Waals surface area contributed by atoms with Crippen LogP contribution in [0.5, 0.6) is 0 Å². The summed E-state index contributed by atoms with van der Waals surface area (Å²) in [5.74, 6) is 0. The van der Waals surface area contributed by atoms with Gasteiger partial charge >= 0.3 is 13.2 Å². The largest absolute Gasteiger partial charge is 0.495 e. The summed E-state index contributed by atoms with van der Waals surface area (Å²) >= 11 is 0. The minimum atomic E-state index is -0.464. The van der Waals surface area contributed by atoms with Gasteiger partial charge in [0.15, 0.2) is 0 Å². The quantitative estimate of drug-likeness (QED) is 0.711. The second kappa shape index (κ2) is 7.51. The van der Waals surface area contributed by atoms with Crippen molar-refractivity contribution in [3.63, 3.8) is 0 Å². The summed E-state index contributed by atoms with van der Waals surface area (Å²) < 4.78 is 17.9. The van der Waals surface area contributed by atoms with E-state index in [1.807, 2.05) is 20.8 Å². The van der Waals surface area contributed by atoms with Crippen LogP contribution in [-0.4, -0.2) is 61.1 Å². The molecule has 0 N–H and O–H groups in total. The fourth-order valence-electron chi connectivity index (χ4n) is 3.56. The van der Waals surface area contributed by atoms with Gasteiger partial charge in [0.1, 0.15) is 5.60 Å². The van der Waals surface area contributed by atoms with Gasteiger partial charge in [0, 0.05) is 31.9 Å². The van der Waals surface area contributed by atoms with Crippen LogP contribution in [0.1, 0.15) is 54.0 Å². The van der Waals surface area contributed by atoms with Gasteiger partial charge < -0.3 is 23.8 Å². The molecule has 0 bridgehead atoms. The van der Waals surface area contributed by atoms with Gasteiger partial charge in [-0.3, -0.25) is 0 Å². The third-order valence-corrected chi connectivity index (χ3v) is 6.06. The molecule has 1 aromatic carbocycles. The lowest BCUT2D eigenvalue weighted by Crippen LogP contribution is -2.50. The molecule has 0 radical (unpaired) electrons. The Morgan fingerprint density at radius 2 is 1.59 bits per heavy atom. The van der Waals surface area contributed by atoms with Crippen molar-refractivity contribution in [1.29, 1.82) is 0 Å². The van der Waals surface area contributed by atoms with E-state index in [1.54, 1.807) is 4.90 Å². The zero-order chi connectivity index (χ0) is 21.6. The third-order valence-electron chi connectivity index (χ3n) is 6.06. The molecule has 0 spiro atoms. The van der Waals surface area contributed by atoms with Crippen LogP contribution >= 0.6 is 0 Å². The number of hydrogen-bond acceptors (Lipinski definition) is 5. The number of nitrogens with zero attached hydrogens (tertiary/aromatic N) is 2. The maximum Gasteiger partial charge on any atom is 0.495 e. The minimum absolute atomic E-state index is 0.232. The normalized spacial score (nSPS) is 21.4. The van der Waals surface area contributed by atoms with Crippen molar-refractivity contribution in [2.45, 2.75) is 72.2 Å². The second-order valence-electron chi connectivity index (χ2n) is 10.1. The van der Waals surface area contributed by atoms with E-state index in [1.165, 1.54) is 0 Å². The van der Waals surface area contributed by atoms with Gasteiger partial charge in [0.25, 0.3) is 0 Å². The van der Waals surface area contributed by atoms with Crippen LogP contribution in [0.4, 0.5) is 10.5 Å². The summed E-state index contributed by atoms with van der Waals surface area (Å²) in [7, 11) is -0.349. The molecule has 3 rings (SSSR count). The van der Waals surface area contributed by atoms with E-state index in [0.29, 0.717) is 13.1 Å². The number of carbonyl (C=O) groups is 1. The molecule has 0 unspecified atom stereocenters. The lowest BCUT2D eigenvalue weighted by Gasteiger charge is -2.37. The highest BCUT2D eigenvalue weighted by atomic mass is 16.7. The Morgan fingerprint density at radius 1 is 1.03 bits per heavy atom. The summed E-state index contributed by atoms with van der Waals surface area (Å²) in [4.78, 5) is 16.4. The topological polar surface area (TPSA) is 51.2 Å². The predicted octanol–water partition coefficient (Wildman–Crippen LogP) is 3.35. The van der Waals surface area contributed by atoms with Crippen LogP contribution < -0.4 is 10.4 Å². The molecule has 0 aliphatic carbocycles. The Balaban J connectivity index is 1.64. The molecule has 2 fully saturated rings. The van der Waals surface area contributed by atoms with Gasteiger partial charge in [-0.05, 0) is 78.5 Å². The Morgan fingerprint density at radius 3 is 2.07 bits per heavy atom. The molecule has 1 amide bonds. The Kier molecular flexibility index (Phi) is 5.69. The monoisotopic (exact) mass is 402 g/mol. The van der Waals surface area contributed by atoms with Crippen molar-refractivity contribution in [2.24, 2.45) is 0 Å². The van der Waals surface area contributed by atoms with Crippen molar-refractivity contribution >= 4 is 24.4 Å². The number of anilines is 1. The molecule has 2 heterocycles. The zero-order valence-electron chi connectivity index (χ0n) is 19.2. The Labute approximate surface area is 175 Å². The lowest BCUT2D eigenvalue weighted by atomic mass is 9.76. The summed E-state index contributed by atoms with van der Waals surface area (Å²) in [5, 5.41) is 0. The molecule has 2 aliphatic rings. The van der Waals surface area contributed by atoms with Crippen LogP contribution in [0.25, 0.3) is 0 Å². The maximum absolute atomic E-state index is 12.3. The molecule has 0 atom stereocenters. The first-order valence-corrected chi connectivity index (χ1v) is 10.5. The summed E-state index contributed by atoms with van der Waals surface area (Å²) in [6.45, 7) is 19.0. The van der Waals surface area contributed by atoms with E-state index in [9.17, 15) is 4.79 Å². The number of piperazine rings is 1. The summed E-state index contributed by atoms with van der Waals surface area (Å²) in [6.07, 6.45) is -0.232. The van der Waals surface area contributed by atoms with E-state index in [2.05, 4.69) is 57.7 Å². The smallest absolute Gasteiger partial charge is 0.444 e. The highest BCUT2D eigenvalue weighted by Crippen LogP contribution is 2.36. The predicted molar refractivity (Wildman–Crippen MR) is 117 cm³/mol. The lowest BCUT2D eigenvalue weighted by molar-refractivity contribution is 0.00578. The minimum Gasteiger partial charge on any atom is -0.444 e. The number of carbonyl (C=O) groups excluding carboxylic acids is 1. The van der Waals surface area contributed by atoms with E-state index >= 15 is 0 Å². The summed E-state index contributed by atoms with van der Waals surface area (Å²) in [5.41, 5.74) is 2.22. The standard InChI is InChI=1S/C22H35BN2O4/c1-16-15-17(9-10-18(16)23-28-21(5,6)22(7,8)29-23)24-11-13-25(14-12-24)19(26)27-20(2,3)4/h9-10,15H,11-14H2,1-8H3. The van der Waals surface area contributed by atoms with Gasteiger partial charge in [-0.1, -0.05) is 6.07 Å². The number of hydrogen-bond donors (Lipinski definition) is 0. The molecule has 2 saturated heterocycles. The molecule has 6 nitrogen and oxygen atoms in total. The number of benzene rings is 1. The SMILES string of the molecule is Cc1cc(N2CCN(C(=O)OC(C)(C)C)CC2)ccc1B1OC(C)(C)C(C)(C)O1. The average molecular weight is 402 g/mol. The van der Waals surface area contributed by atoms with Gasteiger partial charge in [-0.15, -0.1) is 0 Å². The van der Waals surface area contributed by atoms with Crippen LogP contribution in [0.2, 0.25) is 0 Å². The average Bonchev–Trinajstić information content (AvgIpc) is 2.81. The van der Waals surface area contributed by atoms with Gasteiger partial charge in [-0.25, -0.2) is 4.79 Å². The van der Waals surface area contributed by atoms with Crippen molar-refractivity contribution in [2.75, 3.05) is 31.1 Å². The highest BCUT2D eigenvalue weighted by molar-refractivity contribution is 6.62. The van der Waals surface area contributed by atoms with Crippen LogP contribution in [0.15, 0.2) is 18.2 Å². The fourth-order valence-corrected chi connectivity index (χ4v) is 3.56. The van der Waals surface area contributed by atoms with Crippen LogP contribution in [0, 0.1) is 6.92 Å². The van der Waals surface area contributed by atoms with E-state index in [4.69, 9.17) is 14.0 Å². The first-order chi connectivity index (χ1) is 13.3. The molecule has 7 heteroatoms.